The molecule has 0 radical (unpaired) electrons. The van der Waals surface area contributed by atoms with Gasteiger partial charge in [-0.1, -0.05) is 12.1 Å². The molecule has 1 unspecified atom stereocenters. The van der Waals surface area contributed by atoms with Crippen LogP contribution in [0.5, 0.6) is 0 Å². The summed E-state index contributed by atoms with van der Waals surface area (Å²) < 4.78 is 0. The van der Waals surface area contributed by atoms with Gasteiger partial charge in [-0.25, -0.2) is 0 Å². The zero-order valence-corrected chi connectivity index (χ0v) is 9.32. The second kappa shape index (κ2) is 3.32. The topological polar surface area (TPSA) is 66.4 Å². The first-order valence-corrected chi connectivity index (χ1v) is 5.79. The molecule has 0 fully saturated rings. The van der Waals surface area contributed by atoms with Crippen molar-refractivity contribution in [3.05, 3.63) is 29.3 Å². The second-order valence-corrected chi connectivity index (χ2v) is 4.80. The van der Waals surface area contributed by atoms with E-state index in [1.54, 1.807) is 0 Å². The van der Waals surface area contributed by atoms with Crippen molar-refractivity contribution in [2.75, 3.05) is 5.32 Å². The number of benzene rings is 1. The quantitative estimate of drug-likeness (QED) is 0.813. The van der Waals surface area contributed by atoms with E-state index in [4.69, 9.17) is 5.11 Å². The Morgan fingerprint density at radius 2 is 2.29 bits per heavy atom. The van der Waals surface area contributed by atoms with Crippen molar-refractivity contribution in [1.29, 1.82) is 0 Å². The number of amides is 1. The Labute approximate surface area is 98.6 Å². The average molecular weight is 231 g/mol. The fourth-order valence-corrected chi connectivity index (χ4v) is 3.17. The third-order valence-corrected chi connectivity index (χ3v) is 3.81. The van der Waals surface area contributed by atoms with Crippen LogP contribution in [0.4, 0.5) is 5.69 Å². The lowest BCUT2D eigenvalue weighted by Crippen LogP contribution is -2.39. The summed E-state index contributed by atoms with van der Waals surface area (Å²) in [6, 6.07) is 5.76. The summed E-state index contributed by atoms with van der Waals surface area (Å²) in [7, 11) is 0. The molecule has 2 aliphatic rings. The number of aryl methyl sites for hydroxylation is 1. The van der Waals surface area contributed by atoms with Gasteiger partial charge in [0.25, 0.3) is 0 Å². The summed E-state index contributed by atoms with van der Waals surface area (Å²) >= 11 is 0. The van der Waals surface area contributed by atoms with E-state index in [0.29, 0.717) is 6.42 Å². The first-order valence-electron chi connectivity index (χ1n) is 5.79. The van der Waals surface area contributed by atoms with E-state index in [-0.39, 0.29) is 12.3 Å². The van der Waals surface area contributed by atoms with Gasteiger partial charge in [-0.2, -0.15) is 0 Å². The summed E-state index contributed by atoms with van der Waals surface area (Å²) in [6.45, 7) is 0. The maximum Gasteiger partial charge on any atom is 0.304 e. The lowest BCUT2D eigenvalue weighted by atomic mass is 9.69. The Morgan fingerprint density at radius 3 is 3.06 bits per heavy atom. The Morgan fingerprint density at radius 1 is 1.47 bits per heavy atom. The molecule has 4 heteroatoms. The van der Waals surface area contributed by atoms with Gasteiger partial charge in [0.1, 0.15) is 0 Å². The van der Waals surface area contributed by atoms with Crippen LogP contribution < -0.4 is 5.32 Å². The van der Waals surface area contributed by atoms with Crippen molar-refractivity contribution in [2.45, 2.75) is 31.1 Å². The highest BCUT2D eigenvalue weighted by Crippen LogP contribution is 2.48. The highest BCUT2D eigenvalue weighted by atomic mass is 16.4. The van der Waals surface area contributed by atoms with Crippen LogP contribution in [0.25, 0.3) is 0 Å². The van der Waals surface area contributed by atoms with Gasteiger partial charge >= 0.3 is 5.97 Å². The molecule has 17 heavy (non-hydrogen) atoms. The van der Waals surface area contributed by atoms with E-state index in [9.17, 15) is 9.59 Å². The molecule has 1 aliphatic carbocycles. The number of aliphatic carboxylic acids is 1. The minimum atomic E-state index is -0.912. The SMILES string of the molecule is O=C(O)CC12CCCc3cccc(c31)NC2=O. The predicted molar refractivity (Wildman–Crippen MR) is 61.9 cm³/mol. The largest absolute Gasteiger partial charge is 0.481 e. The van der Waals surface area contributed by atoms with Crippen LogP contribution in [0, 0.1) is 0 Å². The van der Waals surface area contributed by atoms with Crippen molar-refractivity contribution in [3.63, 3.8) is 0 Å². The second-order valence-electron chi connectivity index (χ2n) is 4.80. The number of hydrogen-bond acceptors (Lipinski definition) is 2. The number of carbonyl (C=O) groups is 2. The fraction of sp³-hybridized carbons (Fsp3) is 0.385. The molecule has 2 N–H and O–H groups in total. The molecule has 1 heterocycles. The number of hydrogen-bond donors (Lipinski definition) is 2. The summed E-state index contributed by atoms with van der Waals surface area (Å²) in [6.07, 6.45) is 2.33. The van der Waals surface area contributed by atoms with Crippen LogP contribution in [-0.2, 0) is 21.4 Å². The Hall–Kier alpha value is -1.84. The normalized spacial score (nSPS) is 25.3. The van der Waals surface area contributed by atoms with Crippen LogP contribution in [0.3, 0.4) is 0 Å². The first kappa shape index (κ1) is 10.3. The molecule has 0 saturated heterocycles. The van der Waals surface area contributed by atoms with E-state index in [1.165, 1.54) is 0 Å². The van der Waals surface area contributed by atoms with Gasteiger partial charge in [-0.3, -0.25) is 9.59 Å². The number of carbonyl (C=O) groups excluding carboxylic acids is 1. The summed E-state index contributed by atoms with van der Waals surface area (Å²) in [4.78, 5) is 23.2. The van der Waals surface area contributed by atoms with Crippen LogP contribution in [-0.4, -0.2) is 17.0 Å². The molecular weight excluding hydrogens is 218 g/mol. The molecule has 0 spiro atoms. The summed E-state index contributed by atoms with van der Waals surface area (Å²) in [5.74, 6) is -1.06. The summed E-state index contributed by atoms with van der Waals surface area (Å²) in [5, 5.41) is 11.9. The maximum atomic E-state index is 12.1. The van der Waals surface area contributed by atoms with E-state index in [0.717, 1.165) is 29.7 Å². The standard InChI is InChI=1S/C13H13NO3/c15-10(16)7-13-6-2-4-8-3-1-5-9(11(8)13)14-12(13)17/h1,3,5H,2,4,6-7H2,(H,14,17)(H,15,16). The number of carboxylic acids is 1. The van der Waals surface area contributed by atoms with E-state index < -0.39 is 11.4 Å². The van der Waals surface area contributed by atoms with Gasteiger partial charge in [0.2, 0.25) is 5.91 Å². The van der Waals surface area contributed by atoms with Crippen LogP contribution in [0.1, 0.15) is 30.4 Å². The molecule has 1 aliphatic heterocycles. The van der Waals surface area contributed by atoms with Crippen molar-refractivity contribution >= 4 is 17.6 Å². The van der Waals surface area contributed by atoms with Crippen LogP contribution in [0.2, 0.25) is 0 Å². The third-order valence-electron chi connectivity index (χ3n) is 3.81. The monoisotopic (exact) mass is 231 g/mol. The van der Waals surface area contributed by atoms with Gasteiger partial charge in [0.05, 0.1) is 11.8 Å². The summed E-state index contributed by atoms with van der Waals surface area (Å²) in [5.41, 5.74) is 2.02. The smallest absolute Gasteiger partial charge is 0.304 e. The average Bonchev–Trinajstić information content (AvgIpc) is 2.54. The van der Waals surface area contributed by atoms with E-state index >= 15 is 0 Å². The Bertz CT molecular complexity index is 523. The molecule has 0 bridgehead atoms. The first-order chi connectivity index (χ1) is 8.13. The Kier molecular flexibility index (Phi) is 2.02. The minimum Gasteiger partial charge on any atom is -0.481 e. The van der Waals surface area contributed by atoms with Gasteiger partial charge in [0, 0.05) is 5.69 Å². The lowest BCUT2D eigenvalue weighted by molar-refractivity contribution is -0.141. The highest BCUT2D eigenvalue weighted by Gasteiger charge is 2.50. The molecule has 1 atom stereocenters. The molecule has 1 aromatic carbocycles. The highest BCUT2D eigenvalue weighted by molar-refractivity contribution is 6.08. The van der Waals surface area contributed by atoms with Crippen molar-refractivity contribution in [1.82, 2.24) is 0 Å². The maximum absolute atomic E-state index is 12.1. The molecule has 3 rings (SSSR count). The molecule has 1 aromatic rings. The van der Waals surface area contributed by atoms with Gasteiger partial charge in [-0.15, -0.1) is 0 Å². The molecule has 88 valence electrons. The Balaban J connectivity index is 2.21. The van der Waals surface area contributed by atoms with Gasteiger partial charge in [0.15, 0.2) is 0 Å². The zero-order chi connectivity index (χ0) is 12.0. The van der Waals surface area contributed by atoms with Gasteiger partial charge < -0.3 is 10.4 Å². The zero-order valence-electron chi connectivity index (χ0n) is 9.32. The van der Waals surface area contributed by atoms with Crippen molar-refractivity contribution in [2.24, 2.45) is 0 Å². The number of nitrogens with one attached hydrogen (secondary N) is 1. The molecule has 1 amide bonds. The van der Waals surface area contributed by atoms with Crippen LogP contribution >= 0.6 is 0 Å². The van der Waals surface area contributed by atoms with Gasteiger partial charge in [-0.05, 0) is 36.5 Å². The molecule has 4 nitrogen and oxygen atoms in total. The third kappa shape index (κ3) is 1.30. The predicted octanol–water partition coefficient (Wildman–Crippen LogP) is 1.69. The van der Waals surface area contributed by atoms with Crippen molar-refractivity contribution < 1.29 is 14.7 Å². The number of rotatable bonds is 2. The number of carboxylic acid groups (broad SMARTS) is 1. The van der Waals surface area contributed by atoms with E-state index in [1.807, 2.05) is 18.2 Å². The van der Waals surface area contributed by atoms with Crippen LogP contribution in [0.15, 0.2) is 18.2 Å². The molecule has 0 aromatic heterocycles. The fourth-order valence-electron chi connectivity index (χ4n) is 3.17. The van der Waals surface area contributed by atoms with E-state index in [2.05, 4.69) is 5.32 Å². The van der Waals surface area contributed by atoms with Crippen molar-refractivity contribution in [3.8, 4) is 0 Å². The molecule has 0 saturated carbocycles. The lowest BCUT2D eigenvalue weighted by Gasteiger charge is -2.31. The molecular formula is C13H13NO3. The number of anilines is 1. The minimum absolute atomic E-state index is 0.108.